The van der Waals surface area contributed by atoms with Crippen LogP contribution in [0.25, 0.3) is 11.3 Å². The molecule has 1 aromatic carbocycles. The molecule has 1 atom stereocenters. The number of fused-ring (bicyclic) bond motifs is 1. The van der Waals surface area contributed by atoms with Crippen LogP contribution in [-0.2, 0) is 11.2 Å². The molecule has 0 radical (unpaired) electrons. The van der Waals surface area contributed by atoms with Crippen molar-refractivity contribution < 1.29 is 4.79 Å². The SMILES string of the molecule is CC(C)C[C@H](N)CNc1cncc(-c2ccc3c(c2)CC(=O)N3)n1. The summed E-state index contributed by atoms with van der Waals surface area (Å²) in [5.41, 5.74) is 9.70. The Morgan fingerprint density at radius 2 is 2.17 bits per heavy atom. The maximum atomic E-state index is 11.5. The smallest absolute Gasteiger partial charge is 0.228 e. The summed E-state index contributed by atoms with van der Waals surface area (Å²) in [6, 6.07) is 5.94. The molecule has 4 N–H and O–H groups in total. The fourth-order valence-electron chi connectivity index (χ4n) is 2.90. The van der Waals surface area contributed by atoms with Gasteiger partial charge < -0.3 is 16.4 Å². The minimum absolute atomic E-state index is 0.0304. The van der Waals surface area contributed by atoms with Crippen LogP contribution >= 0.6 is 0 Å². The third-order valence-electron chi connectivity index (χ3n) is 3.98. The number of nitrogens with two attached hydrogens (primary N) is 1. The van der Waals surface area contributed by atoms with Crippen molar-refractivity contribution in [1.29, 1.82) is 0 Å². The highest BCUT2D eigenvalue weighted by Gasteiger charge is 2.18. The number of carbonyl (C=O) groups is 1. The minimum Gasteiger partial charge on any atom is -0.367 e. The first-order chi connectivity index (χ1) is 11.5. The van der Waals surface area contributed by atoms with Gasteiger partial charge in [-0.05, 0) is 30.0 Å². The van der Waals surface area contributed by atoms with E-state index in [1.165, 1.54) is 0 Å². The predicted molar refractivity (Wildman–Crippen MR) is 95.7 cm³/mol. The normalized spacial score (nSPS) is 14.4. The minimum atomic E-state index is 0.0304. The molecule has 0 unspecified atom stereocenters. The Kier molecular flexibility index (Phi) is 4.76. The molecule has 2 aromatic rings. The second-order valence-electron chi connectivity index (χ2n) is 6.66. The Bertz CT molecular complexity index is 744. The summed E-state index contributed by atoms with van der Waals surface area (Å²) in [6.07, 6.45) is 4.81. The van der Waals surface area contributed by atoms with Crippen LogP contribution in [0, 0.1) is 5.92 Å². The summed E-state index contributed by atoms with van der Waals surface area (Å²) in [4.78, 5) is 20.3. The molecule has 24 heavy (non-hydrogen) atoms. The molecule has 0 saturated heterocycles. The molecule has 0 spiro atoms. The van der Waals surface area contributed by atoms with Crippen molar-refractivity contribution in [2.45, 2.75) is 32.7 Å². The van der Waals surface area contributed by atoms with Gasteiger partial charge in [0, 0.05) is 23.8 Å². The van der Waals surface area contributed by atoms with E-state index in [1.54, 1.807) is 12.4 Å². The topological polar surface area (TPSA) is 92.9 Å². The summed E-state index contributed by atoms with van der Waals surface area (Å²) >= 11 is 0. The monoisotopic (exact) mass is 325 g/mol. The number of aromatic nitrogens is 2. The van der Waals surface area contributed by atoms with Gasteiger partial charge in [-0.2, -0.15) is 0 Å². The highest BCUT2D eigenvalue weighted by atomic mass is 16.1. The van der Waals surface area contributed by atoms with Crippen molar-refractivity contribution in [2.75, 3.05) is 17.2 Å². The molecule has 3 rings (SSSR count). The van der Waals surface area contributed by atoms with Crippen LogP contribution in [0.5, 0.6) is 0 Å². The number of amides is 1. The fourth-order valence-corrected chi connectivity index (χ4v) is 2.90. The summed E-state index contributed by atoms with van der Waals surface area (Å²) in [5.74, 6) is 1.31. The highest BCUT2D eigenvalue weighted by molar-refractivity contribution is 5.99. The third-order valence-corrected chi connectivity index (χ3v) is 3.98. The van der Waals surface area contributed by atoms with Crippen LogP contribution in [0.15, 0.2) is 30.6 Å². The number of anilines is 2. The van der Waals surface area contributed by atoms with Gasteiger partial charge in [-0.25, -0.2) is 4.98 Å². The number of nitrogens with one attached hydrogen (secondary N) is 2. The zero-order chi connectivity index (χ0) is 17.1. The van der Waals surface area contributed by atoms with Crippen molar-refractivity contribution in [3.63, 3.8) is 0 Å². The van der Waals surface area contributed by atoms with Gasteiger partial charge >= 0.3 is 0 Å². The Morgan fingerprint density at radius 3 is 2.96 bits per heavy atom. The Morgan fingerprint density at radius 1 is 1.33 bits per heavy atom. The third kappa shape index (κ3) is 3.89. The molecule has 1 aromatic heterocycles. The molecule has 2 heterocycles. The second-order valence-corrected chi connectivity index (χ2v) is 6.66. The van der Waals surface area contributed by atoms with Crippen LogP contribution < -0.4 is 16.4 Å². The number of hydrogen-bond acceptors (Lipinski definition) is 5. The van der Waals surface area contributed by atoms with Gasteiger partial charge in [-0.3, -0.25) is 9.78 Å². The van der Waals surface area contributed by atoms with Gasteiger partial charge in [-0.1, -0.05) is 19.9 Å². The highest BCUT2D eigenvalue weighted by Crippen LogP contribution is 2.28. The van der Waals surface area contributed by atoms with Gasteiger partial charge in [-0.15, -0.1) is 0 Å². The van der Waals surface area contributed by atoms with E-state index in [4.69, 9.17) is 5.73 Å². The standard InChI is InChI=1S/C18H23N5O/c1-11(2)5-14(19)8-21-17-10-20-9-16(22-17)12-3-4-15-13(6-12)7-18(24)23-15/h3-4,6,9-11,14H,5,7-8,19H2,1-2H3,(H,21,22)(H,23,24)/t14-/m0/s1. The Hall–Kier alpha value is -2.47. The zero-order valence-corrected chi connectivity index (χ0v) is 14.0. The molecular weight excluding hydrogens is 302 g/mol. The van der Waals surface area contributed by atoms with E-state index in [0.717, 1.165) is 28.9 Å². The lowest BCUT2D eigenvalue weighted by Gasteiger charge is -2.15. The van der Waals surface area contributed by atoms with Crippen LogP contribution in [0.2, 0.25) is 0 Å². The predicted octanol–water partition coefficient (Wildman–Crippen LogP) is 2.42. The van der Waals surface area contributed by atoms with Crippen LogP contribution in [0.3, 0.4) is 0 Å². The second kappa shape index (κ2) is 6.97. The van der Waals surface area contributed by atoms with Crippen LogP contribution in [-0.4, -0.2) is 28.5 Å². The van der Waals surface area contributed by atoms with E-state index >= 15 is 0 Å². The van der Waals surface area contributed by atoms with Crippen molar-refractivity contribution in [3.05, 3.63) is 36.2 Å². The number of carbonyl (C=O) groups excluding carboxylic acids is 1. The lowest BCUT2D eigenvalue weighted by Crippen LogP contribution is -2.30. The molecule has 6 heteroatoms. The van der Waals surface area contributed by atoms with Crippen LogP contribution in [0.4, 0.5) is 11.5 Å². The Labute approximate surface area is 141 Å². The summed E-state index contributed by atoms with van der Waals surface area (Å²) in [7, 11) is 0. The number of benzene rings is 1. The number of nitrogens with zero attached hydrogens (tertiary/aromatic N) is 2. The molecule has 1 amide bonds. The first-order valence-electron chi connectivity index (χ1n) is 8.26. The number of rotatable bonds is 6. The first-order valence-corrected chi connectivity index (χ1v) is 8.26. The largest absolute Gasteiger partial charge is 0.367 e. The van der Waals surface area contributed by atoms with Gasteiger partial charge in [0.15, 0.2) is 0 Å². The van der Waals surface area contributed by atoms with Crippen molar-refractivity contribution in [1.82, 2.24) is 9.97 Å². The quantitative estimate of drug-likeness (QED) is 0.758. The van der Waals surface area contributed by atoms with E-state index in [9.17, 15) is 4.79 Å². The molecule has 0 aliphatic carbocycles. The molecule has 0 bridgehead atoms. The molecule has 1 aliphatic rings. The van der Waals surface area contributed by atoms with E-state index < -0.39 is 0 Å². The van der Waals surface area contributed by atoms with Crippen molar-refractivity contribution >= 4 is 17.4 Å². The van der Waals surface area contributed by atoms with Crippen molar-refractivity contribution in [2.24, 2.45) is 11.7 Å². The van der Waals surface area contributed by atoms with E-state index in [2.05, 4.69) is 34.4 Å². The molecule has 1 aliphatic heterocycles. The lowest BCUT2D eigenvalue weighted by atomic mass is 10.0. The van der Waals surface area contributed by atoms with Crippen molar-refractivity contribution in [3.8, 4) is 11.3 Å². The fraction of sp³-hybridized carbons (Fsp3) is 0.389. The molecular formula is C18H23N5O. The van der Waals surface area contributed by atoms with Crippen LogP contribution in [0.1, 0.15) is 25.8 Å². The van der Waals surface area contributed by atoms with E-state index in [1.807, 2.05) is 18.2 Å². The molecule has 126 valence electrons. The van der Waals surface area contributed by atoms with Gasteiger partial charge in [0.2, 0.25) is 5.91 Å². The summed E-state index contributed by atoms with van der Waals surface area (Å²) in [6.45, 7) is 4.99. The first kappa shape index (κ1) is 16.4. The van der Waals surface area contributed by atoms with E-state index in [-0.39, 0.29) is 11.9 Å². The summed E-state index contributed by atoms with van der Waals surface area (Å²) in [5, 5.41) is 6.09. The maximum Gasteiger partial charge on any atom is 0.228 e. The molecule has 6 nitrogen and oxygen atoms in total. The maximum absolute atomic E-state index is 11.5. The van der Waals surface area contributed by atoms with Gasteiger partial charge in [0.05, 0.1) is 24.5 Å². The Balaban J connectivity index is 1.72. The van der Waals surface area contributed by atoms with Gasteiger partial charge in [0.25, 0.3) is 0 Å². The van der Waals surface area contributed by atoms with Gasteiger partial charge in [0.1, 0.15) is 5.82 Å². The number of hydrogen-bond donors (Lipinski definition) is 3. The average Bonchev–Trinajstić information content (AvgIpc) is 2.91. The average molecular weight is 325 g/mol. The lowest BCUT2D eigenvalue weighted by molar-refractivity contribution is -0.115. The molecule has 0 saturated carbocycles. The van der Waals surface area contributed by atoms with E-state index in [0.29, 0.717) is 24.7 Å². The summed E-state index contributed by atoms with van der Waals surface area (Å²) < 4.78 is 0. The molecule has 0 fully saturated rings. The zero-order valence-electron chi connectivity index (χ0n) is 14.0.